The lowest BCUT2D eigenvalue weighted by molar-refractivity contribution is 0.0988. The van der Waals surface area contributed by atoms with E-state index in [1.165, 1.54) is 0 Å². The van der Waals surface area contributed by atoms with Gasteiger partial charge in [0.05, 0.1) is 29.7 Å². The van der Waals surface area contributed by atoms with Gasteiger partial charge >= 0.3 is 0 Å². The van der Waals surface area contributed by atoms with Gasteiger partial charge in [-0.25, -0.2) is 0 Å². The fourth-order valence-corrected chi connectivity index (χ4v) is 2.46. The quantitative estimate of drug-likeness (QED) is 0.920. The van der Waals surface area contributed by atoms with Crippen LogP contribution in [0.2, 0.25) is 0 Å². The minimum atomic E-state index is -0.0419. The molecule has 0 bridgehead atoms. The van der Waals surface area contributed by atoms with E-state index in [2.05, 4.69) is 10.3 Å². The number of nitrogens with zero attached hydrogens (tertiary/aromatic N) is 2. The highest BCUT2D eigenvalue weighted by Crippen LogP contribution is 2.32. The minimum Gasteiger partial charge on any atom is -0.491 e. The molecule has 2 aromatic rings. The monoisotopic (exact) mass is 283 g/mol. The number of aromatic nitrogens is 1. The van der Waals surface area contributed by atoms with Crippen LogP contribution in [-0.4, -0.2) is 31.1 Å². The third-order valence-corrected chi connectivity index (χ3v) is 3.51. The van der Waals surface area contributed by atoms with Crippen LogP contribution in [0, 0.1) is 0 Å². The van der Waals surface area contributed by atoms with Crippen molar-refractivity contribution in [2.75, 3.05) is 30.4 Å². The highest BCUT2D eigenvalue weighted by atomic mass is 16.5. The van der Waals surface area contributed by atoms with Gasteiger partial charge in [0.1, 0.15) is 5.75 Å². The van der Waals surface area contributed by atoms with Gasteiger partial charge in [-0.3, -0.25) is 9.78 Å². The van der Waals surface area contributed by atoms with E-state index >= 15 is 0 Å². The zero-order chi connectivity index (χ0) is 14.7. The van der Waals surface area contributed by atoms with Gasteiger partial charge in [-0.05, 0) is 24.6 Å². The van der Waals surface area contributed by atoms with Crippen LogP contribution in [0.15, 0.2) is 42.7 Å². The molecule has 1 amide bonds. The molecule has 0 saturated heterocycles. The van der Waals surface area contributed by atoms with Crippen LogP contribution in [0.5, 0.6) is 5.75 Å². The predicted octanol–water partition coefficient (Wildman–Crippen LogP) is 2.55. The van der Waals surface area contributed by atoms with E-state index in [1.807, 2.05) is 24.3 Å². The molecule has 5 nitrogen and oxygen atoms in total. The molecule has 0 fully saturated rings. The number of pyridine rings is 1. The third kappa shape index (κ3) is 2.54. The Morgan fingerprint density at radius 2 is 2.19 bits per heavy atom. The number of para-hydroxylation sites is 2. The average Bonchev–Trinajstić information content (AvgIpc) is 2.76. The third-order valence-electron chi connectivity index (χ3n) is 3.51. The van der Waals surface area contributed by atoms with Crippen molar-refractivity contribution in [3.05, 3.63) is 48.3 Å². The smallest absolute Gasteiger partial charge is 0.260 e. The van der Waals surface area contributed by atoms with Gasteiger partial charge in [0.2, 0.25) is 0 Å². The molecule has 1 aromatic heterocycles. The number of amides is 1. The normalized spacial score (nSPS) is 13.9. The van der Waals surface area contributed by atoms with Crippen LogP contribution in [0.3, 0.4) is 0 Å². The summed E-state index contributed by atoms with van der Waals surface area (Å²) in [5.41, 5.74) is 2.16. The van der Waals surface area contributed by atoms with Crippen LogP contribution in [-0.2, 0) is 0 Å². The van der Waals surface area contributed by atoms with Crippen molar-refractivity contribution in [1.82, 2.24) is 4.98 Å². The first kappa shape index (κ1) is 13.4. The number of carbonyl (C=O) groups is 1. The van der Waals surface area contributed by atoms with Gasteiger partial charge in [0, 0.05) is 19.8 Å². The van der Waals surface area contributed by atoms with Crippen LogP contribution in [0.25, 0.3) is 0 Å². The molecule has 0 aliphatic carbocycles. The number of hydrogen-bond donors (Lipinski definition) is 1. The van der Waals surface area contributed by atoms with Crippen LogP contribution in [0.4, 0.5) is 11.4 Å². The number of benzene rings is 1. The van der Waals surface area contributed by atoms with Crippen LogP contribution >= 0.6 is 0 Å². The van der Waals surface area contributed by atoms with Gasteiger partial charge in [-0.15, -0.1) is 0 Å². The largest absolute Gasteiger partial charge is 0.491 e. The lowest BCUT2D eigenvalue weighted by Crippen LogP contribution is -2.32. The van der Waals surface area contributed by atoms with Crippen molar-refractivity contribution in [3.63, 3.8) is 0 Å². The zero-order valence-corrected chi connectivity index (χ0v) is 11.9. The number of fused-ring (bicyclic) bond motifs is 1. The van der Waals surface area contributed by atoms with Crippen molar-refractivity contribution in [2.45, 2.75) is 6.42 Å². The molecule has 108 valence electrons. The molecular weight excluding hydrogens is 266 g/mol. The molecular formula is C16H17N3O2. The van der Waals surface area contributed by atoms with E-state index in [0.29, 0.717) is 18.7 Å². The fraction of sp³-hybridized carbons (Fsp3) is 0.250. The topological polar surface area (TPSA) is 54.5 Å². The van der Waals surface area contributed by atoms with E-state index in [4.69, 9.17) is 4.74 Å². The molecule has 3 rings (SSSR count). The molecule has 5 heteroatoms. The molecule has 21 heavy (non-hydrogen) atoms. The first-order valence-corrected chi connectivity index (χ1v) is 6.96. The SMILES string of the molecule is CNc1cnccc1C(=O)N1CCCOc2ccccc21. The van der Waals surface area contributed by atoms with Crippen molar-refractivity contribution in [1.29, 1.82) is 0 Å². The number of nitrogens with one attached hydrogen (secondary N) is 1. The lowest BCUT2D eigenvalue weighted by atomic mass is 10.1. The van der Waals surface area contributed by atoms with Gasteiger partial charge in [0.25, 0.3) is 5.91 Å². The Bertz CT molecular complexity index is 657. The summed E-state index contributed by atoms with van der Waals surface area (Å²) >= 11 is 0. The average molecular weight is 283 g/mol. The van der Waals surface area contributed by atoms with E-state index in [1.54, 1.807) is 30.4 Å². The summed E-state index contributed by atoms with van der Waals surface area (Å²) in [6, 6.07) is 9.38. The summed E-state index contributed by atoms with van der Waals surface area (Å²) in [6.07, 6.45) is 4.10. The Labute approximate surface area is 123 Å². The van der Waals surface area contributed by atoms with Gasteiger partial charge in [-0.1, -0.05) is 12.1 Å². The highest BCUT2D eigenvalue weighted by Gasteiger charge is 2.24. The molecule has 1 aromatic carbocycles. The zero-order valence-electron chi connectivity index (χ0n) is 11.9. The first-order chi connectivity index (χ1) is 10.3. The molecule has 1 aliphatic rings. The number of anilines is 2. The molecule has 0 atom stereocenters. The molecule has 0 unspecified atom stereocenters. The molecule has 0 saturated carbocycles. The molecule has 1 aliphatic heterocycles. The van der Waals surface area contributed by atoms with Crippen LogP contribution < -0.4 is 15.0 Å². The molecule has 1 N–H and O–H groups in total. The molecule has 2 heterocycles. The second-order valence-electron chi connectivity index (χ2n) is 4.80. The maximum atomic E-state index is 12.9. The lowest BCUT2D eigenvalue weighted by Gasteiger charge is -2.22. The van der Waals surface area contributed by atoms with E-state index < -0.39 is 0 Å². The second-order valence-corrected chi connectivity index (χ2v) is 4.80. The number of ether oxygens (including phenoxy) is 1. The molecule has 0 radical (unpaired) electrons. The summed E-state index contributed by atoms with van der Waals surface area (Å²) < 4.78 is 5.70. The fourth-order valence-electron chi connectivity index (χ4n) is 2.46. The van der Waals surface area contributed by atoms with Gasteiger partial charge < -0.3 is 15.0 Å². The van der Waals surface area contributed by atoms with Crippen molar-refractivity contribution < 1.29 is 9.53 Å². The van der Waals surface area contributed by atoms with Crippen molar-refractivity contribution >= 4 is 17.3 Å². The maximum absolute atomic E-state index is 12.9. The minimum absolute atomic E-state index is 0.0419. The van der Waals surface area contributed by atoms with Crippen molar-refractivity contribution in [3.8, 4) is 5.75 Å². The predicted molar refractivity (Wildman–Crippen MR) is 82.0 cm³/mol. The number of hydrogen-bond acceptors (Lipinski definition) is 4. The summed E-state index contributed by atoms with van der Waals surface area (Å²) in [7, 11) is 1.78. The summed E-state index contributed by atoms with van der Waals surface area (Å²) in [6.45, 7) is 1.26. The summed E-state index contributed by atoms with van der Waals surface area (Å²) in [5.74, 6) is 0.711. The standard InChI is InChI=1S/C16H17N3O2/c1-17-13-11-18-8-7-12(13)16(20)19-9-4-10-21-15-6-3-2-5-14(15)19/h2-3,5-8,11,17H,4,9-10H2,1H3. The molecule has 0 spiro atoms. The summed E-state index contributed by atoms with van der Waals surface area (Å²) in [4.78, 5) is 18.7. The van der Waals surface area contributed by atoms with Gasteiger partial charge in [0.15, 0.2) is 0 Å². The van der Waals surface area contributed by atoms with E-state index in [-0.39, 0.29) is 5.91 Å². The number of rotatable bonds is 2. The van der Waals surface area contributed by atoms with Gasteiger partial charge in [-0.2, -0.15) is 0 Å². The first-order valence-electron chi connectivity index (χ1n) is 6.96. The Morgan fingerprint density at radius 3 is 3.05 bits per heavy atom. The Balaban J connectivity index is 2.01. The van der Waals surface area contributed by atoms with Crippen LogP contribution in [0.1, 0.15) is 16.8 Å². The Kier molecular flexibility index (Phi) is 3.73. The Morgan fingerprint density at radius 1 is 1.33 bits per heavy atom. The van der Waals surface area contributed by atoms with E-state index in [9.17, 15) is 4.79 Å². The highest BCUT2D eigenvalue weighted by molar-refractivity contribution is 6.10. The summed E-state index contributed by atoms with van der Waals surface area (Å²) in [5, 5.41) is 3.01. The Hall–Kier alpha value is -2.56. The van der Waals surface area contributed by atoms with Crippen molar-refractivity contribution in [2.24, 2.45) is 0 Å². The van der Waals surface area contributed by atoms with E-state index in [0.717, 1.165) is 23.5 Å². The maximum Gasteiger partial charge on any atom is 0.260 e. The number of carbonyl (C=O) groups excluding carboxylic acids is 1. The second kappa shape index (κ2) is 5.83.